The van der Waals surface area contributed by atoms with Gasteiger partial charge in [0.05, 0.1) is 0 Å². The lowest BCUT2D eigenvalue weighted by Crippen LogP contribution is -2.48. The number of para-hydroxylation sites is 1. The molecule has 2 N–H and O–H groups in total. The molecule has 3 rings (SSSR count). The van der Waals surface area contributed by atoms with Crippen LogP contribution in [-0.2, 0) is 0 Å². The lowest BCUT2D eigenvalue weighted by atomic mass is 9.84. The second kappa shape index (κ2) is 5.74. The molecule has 3 nitrogen and oxygen atoms in total. The Kier molecular flexibility index (Phi) is 3.99. The van der Waals surface area contributed by atoms with E-state index < -0.39 is 0 Å². The van der Waals surface area contributed by atoms with Crippen LogP contribution in [-0.4, -0.2) is 37.6 Å². The van der Waals surface area contributed by atoms with Crippen LogP contribution in [0.25, 0.3) is 0 Å². The molecule has 0 aromatic heterocycles. The van der Waals surface area contributed by atoms with Crippen molar-refractivity contribution in [1.29, 1.82) is 0 Å². The zero-order valence-corrected chi connectivity index (χ0v) is 12.9. The highest BCUT2D eigenvalue weighted by Gasteiger charge is 2.33. The molecule has 20 heavy (non-hydrogen) atoms. The van der Waals surface area contributed by atoms with Crippen molar-refractivity contribution in [3.63, 3.8) is 0 Å². The maximum Gasteiger partial charge on any atom is 0.0424 e. The Labute approximate surface area is 122 Å². The molecule has 0 radical (unpaired) electrons. The van der Waals surface area contributed by atoms with Crippen LogP contribution >= 0.6 is 0 Å². The molecular weight excluding hydrogens is 246 g/mol. The molecule has 1 saturated heterocycles. The third-order valence-electron chi connectivity index (χ3n) is 4.75. The zero-order chi connectivity index (χ0) is 14.1. The van der Waals surface area contributed by atoms with Crippen LogP contribution < -0.4 is 10.6 Å². The molecular formula is C17H27N3. The Morgan fingerprint density at radius 3 is 2.65 bits per heavy atom. The summed E-state index contributed by atoms with van der Waals surface area (Å²) in [7, 11) is 0. The summed E-state index contributed by atoms with van der Waals surface area (Å²) >= 11 is 0. The average Bonchev–Trinajstić information content (AvgIpc) is 2.47. The van der Waals surface area contributed by atoms with E-state index in [1.807, 2.05) is 0 Å². The number of hydrogen-bond donors (Lipinski definition) is 2. The van der Waals surface area contributed by atoms with Crippen molar-refractivity contribution in [3.05, 3.63) is 29.3 Å². The second-order valence-electron chi connectivity index (χ2n) is 6.56. The van der Waals surface area contributed by atoms with Gasteiger partial charge < -0.3 is 10.6 Å². The number of fused-ring (bicyclic) bond motifs is 1. The summed E-state index contributed by atoms with van der Waals surface area (Å²) in [5, 5.41) is 7.15. The minimum Gasteiger partial charge on any atom is -0.384 e. The third-order valence-corrected chi connectivity index (χ3v) is 4.75. The van der Waals surface area contributed by atoms with Gasteiger partial charge in [-0.25, -0.2) is 0 Å². The fourth-order valence-corrected chi connectivity index (χ4v) is 3.72. The van der Waals surface area contributed by atoms with Crippen molar-refractivity contribution >= 4 is 5.69 Å². The van der Waals surface area contributed by atoms with Gasteiger partial charge in [0, 0.05) is 44.5 Å². The fraction of sp³-hybridized carbons (Fsp3) is 0.647. The SMILES string of the molecule is CC(C)c1cccc2c1NCC(C)C2N1CCNCC1. The maximum atomic E-state index is 3.69. The van der Waals surface area contributed by atoms with Crippen molar-refractivity contribution in [2.75, 3.05) is 38.0 Å². The number of piperazine rings is 1. The third kappa shape index (κ3) is 2.45. The molecule has 1 fully saturated rings. The minimum absolute atomic E-state index is 0.576. The monoisotopic (exact) mass is 273 g/mol. The van der Waals surface area contributed by atoms with Gasteiger partial charge in [-0.15, -0.1) is 0 Å². The van der Waals surface area contributed by atoms with Crippen LogP contribution in [0.3, 0.4) is 0 Å². The van der Waals surface area contributed by atoms with Crippen LogP contribution in [0.2, 0.25) is 0 Å². The normalized spacial score (nSPS) is 27.2. The summed E-state index contributed by atoms with van der Waals surface area (Å²) in [6, 6.07) is 7.42. The Morgan fingerprint density at radius 1 is 1.20 bits per heavy atom. The molecule has 2 heterocycles. The molecule has 0 bridgehead atoms. The van der Waals surface area contributed by atoms with E-state index in [0.717, 1.165) is 19.6 Å². The predicted octanol–water partition coefficient (Wildman–Crippen LogP) is 2.82. The molecule has 0 amide bonds. The molecule has 110 valence electrons. The molecule has 1 aromatic rings. The zero-order valence-electron chi connectivity index (χ0n) is 12.9. The second-order valence-corrected chi connectivity index (χ2v) is 6.56. The summed E-state index contributed by atoms with van der Waals surface area (Å²) in [6.07, 6.45) is 0. The molecule has 2 unspecified atom stereocenters. The number of nitrogens with one attached hydrogen (secondary N) is 2. The van der Waals surface area contributed by atoms with Crippen molar-refractivity contribution in [2.24, 2.45) is 5.92 Å². The Hall–Kier alpha value is -1.06. The van der Waals surface area contributed by atoms with Gasteiger partial charge in [0.25, 0.3) is 0 Å². The van der Waals surface area contributed by atoms with Gasteiger partial charge in [-0.1, -0.05) is 39.0 Å². The van der Waals surface area contributed by atoms with E-state index >= 15 is 0 Å². The van der Waals surface area contributed by atoms with E-state index in [9.17, 15) is 0 Å². The first-order valence-electron chi connectivity index (χ1n) is 8.00. The van der Waals surface area contributed by atoms with Crippen LogP contribution in [0.5, 0.6) is 0 Å². The van der Waals surface area contributed by atoms with Crippen molar-refractivity contribution in [1.82, 2.24) is 10.2 Å². The van der Waals surface area contributed by atoms with Crippen molar-refractivity contribution in [2.45, 2.75) is 32.7 Å². The van der Waals surface area contributed by atoms with Gasteiger partial charge in [0.1, 0.15) is 0 Å². The van der Waals surface area contributed by atoms with Crippen LogP contribution in [0, 0.1) is 5.92 Å². The minimum atomic E-state index is 0.576. The first-order chi connectivity index (χ1) is 9.68. The molecule has 2 atom stereocenters. The number of hydrogen-bond acceptors (Lipinski definition) is 3. The maximum absolute atomic E-state index is 3.69. The van der Waals surface area contributed by atoms with Gasteiger partial charge in [-0.05, 0) is 23.0 Å². The van der Waals surface area contributed by atoms with Crippen molar-refractivity contribution < 1.29 is 0 Å². The van der Waals surface area contributed by atoms with E-state index in [1.54, 1.807) is 0 Å². The van der Waals surface area contributed by atoms with E-state index in [0.29, 0.717) is 17.9 Å². The smallest absolute Gasteiger partial charge is 0.0424 e. The summed E-state index contributed by atoms with van der Waals surface area (Å²) in [5.41, 5.74) is 4.38. The first-order valence-corrected chi connectivity index (χ1v) is 8.00. The summed E-state index contributed by atoms with van der Waals surface area (Å²) in [4.78, 5) is 2.67. The van der Waals surface area contributed by atoms with Crippen molar-refractivity contribution in [3.8, 4) is 0 Å². The molecule has 0 saturated carbocycles. The Balaban J connectivity index is 1.98. The standard InChI is InChI=1S/C17H27N3/c1-12(2)14-5-4-6-15-16(14)19-11-13(3)17(15)20-9-7-18-8-10-20/h4-6,12-13,17-19H,7-11H2,1-3H3. The van der Waals surface area contributed by atoms with E-state index in [-0.39, 0.29) is 0 Å². The fourth-order valence-electron chi connectivity index (χ4n) is 3.72. The summed E-state index contributed by atoms with van der Waals surface area (Å²) in [5.74, 6) is 1.25. The number of anilines is 1. The molecule has 2 aliphatic heterocycles. The average molecular weight is 273 g/mol. The highest BCUT2D eigenvalue weighted by molar-refractivity contribution is 5.61. The lowest BCUT2D eigenvalue weighted by Gasteiger charge is -2.43. The molecule has 3 heteroatoms. The molecule has 0 spiro atoms. The highest BCUT2D eigenvalue weighted by Crippen LogP contribution is 2.41. The summed E-state index contributed by atoms with van der Waals surface area (Å²) in [6.45, 7) is 12.6. The quantitative estimate of drug-likeness (QED) is 0.867. The van der Waals surface area contributed by atoms with E-state index in [2.05, 4.69) is 54.5 Å². The lowest BCUT2D eigenvalue weighted by molar-refractivity contribution is 0.132. The first kappa shape index (κ1) is 13.9. The van der Waals surface area contributed by atoms with Gasteiger partial charge in [0.15, 0.2) is 0 Å². The molecule has 1 aromatic carbocycles. The Bertz CT molecular complexity index is 463. The van der Waals surface area contributed by atoms with E-state index in [4.69, 9.17) is 0 Å². The van der Waals surface area contributed by atoms with Gasteiger partial charge in [0.2, 0.25) is 0 Å². The highest BCUT2D eigenvalue weighted by atomic mass is 15.2. The topological polar surface area (TPSA) is 27.3 Å². The van der Waals surface area contributed by atoms with Crippen LogP contribution in [0.1, 0.15) is 43.9 Å². The van der Waals surface area contributed by atoms with Gasteiger partial charge >= 0.3 is 0 Å². The predicted molar refractivity (Wildman–Crippen MR) is 85.4 cm³/mol. The van der Waals surface area contributed by atoms with Gasteiger partial charge in [-0.2, -0.15) is 0 Å². The Morgan fingerprint density at radius 2 is 1.95 bits per heavy atom. The number of rotatable bonds is 2. The molecule has 2 aliphatic rings. The number of nitrogens with zero attached hydrogens (tertiary/aromatic N) is 1. The molecule has 0 aliphatic carbocycles. The van der Waals surface area contributed by atoms with E-state index in [1.165, 1.54) is 29.9 Å². The van der Waals surface area contributed by atoms with Gasteiger partial charge in [-0.3, -0.25) is 4.90 Å². The van der Waals surface area contributed by atoms with Crippen LogP contribution in [0.4, 0.5) is 5.69 Å². The van der Waals surface area contributed by atoms with Crippen LogP contribution in [0.15, 0.2) is 18.2 Å². The number of benzene rings is 1. The largest absolute Gasteiger partial charge is 0.384 e. The summed E-state index contributed by atoms with van der Waals surface area (Å²) < 4.78 is 0.